The lowest BCUT2D eigenvalue weighted by Crippen LogP contribution is -2.17. The summed E-state index contributed by atoms with van der Waals surface area (Å²) >= 11 is 1.46. The largest absolute Gasteiger partial charge is 0.471 e. The maximum absolute atomic E-state index is 12.9. The van der Waals surface area contributed by atoms with Crippen LogP contribution in [0.1, 0.15) is 28.6 Å². The number of pyridine rings is 1. The monoisotopic (exact) mass is 361 g/mol. The Morgan fingerprint density at radius 1 is 1.48 bits per heavy atom. The van der Waals surface area contributed by atoms with Gasteiger partial charge < -0.3 is 9.84 Å². The molecule has 3 heterocycles. The van der Waals surface area contributed by atoms with Crippen LogP contribution in [0.15, 0.2) is 29.2 Å². The standard InChI is InChI=1S/C17H16FN3O3S/c1-9-16(13-4-10(13)7-22)21-15(23)5-12(20-17(21)25-9)8-24-14-3-2-11(18)6-19-14/h2-3,5-6,10,13,22H,4,7-8H2,1H3/t10-,13+/m0/s1. The van der Waals surface area contributed by atoms with Crippen molar-refractivity contribution in [2.45, 2.75) is 25.9 Å². The van der Waals surface area contributed by atoms with Crippen molar-refractivity contribution in [1.29, 1.82) is 0 Å². The third kappa shape index (κ3) is 3.03. The highest BCUT2D eigenvalue weighted by Crippen LogP contribution is 2.49. The highest BCUT2D eigenvalue weighted by atomic mass is 32.1. The molecule has 1 saturated carbocycles. The van der Waals surface area contributed by atoms with Crippen LogP contribution in [-0.2, 0) is 6.61 Å². The molecule has 3 aromatic rings. The number of halogens is 1. The van der Waals surface area contributed by atoms with Crippen LogP contribution in [0.4, 0.5) is 4.39 Å². The molecule has 0 aromatic carbocycles. The first-order valence-electron chi connectivity index (χ1n) is 7.94. The summed E-state index contributed by atoms with van der Waals surface area (Å²) in [5.74, 6) is 0.294. The van der Waals surface area contributed by atoms with Crippen molar-refractivity contribution in [3.8, 4) is 5.88 Å². The van der Waals surface area contributed by atoms with Gasteiger partial charge in [0.05, 0.1) is 11.9 Å². The van der Waals surface area contributed by atoms with Crippen molar-refractivity contribution >= 4 is 16.3 Å². The summed E-state index contributed by atoms with van der Waals surface area (Å²) in [5.41, 5.74) is 1.31. The Hall–Kier alpha value is -2.32. The fourth-order valence-corrected chi connectivity index (χ4v) is 4.09. The molecule has 8 heteroatoms. The molecule has 1 aliphatic rings. The molecule has 0 radical (unpaired) electrons. The third-order valence-corrected chi connectivity index (χ3v) is 5.34. The first kappa shape index (κ1) is 16.2. The Bertz CT molecular complexity index is 983. The summed E-state index contributed by atoms with van der Waals surface area (Å²) in [6.45, 7) is 2.19. The van der Waals surface area contributed by atoms with E-state index in [1.165, 1.54) is 29.5 Å². The zero-order chi connectivity index (χ0) is 17.6. The van der Waals surface area contributed by atoms with Gasteiger partial charge in [0.2, 0.25) is 5.88 Å². The average molecular weight is 361 g/mol. The van der Waals surface area contributed by atoms with Crippen LogP contribution in [0.5, 0.6) is 5.88 Å². The average Bonchev–Trinajstić information content (AvgIpc) is 3.29. The van der Waals surface area contributed by atoms with Crippen LogP contribution >= 0.6 is 11.3 Å². The molecule has 1 aliphatic carbocycles. The number of fused-ring (bicyclic) bond motifs is 1. The summed E-state index contributed by atoms with van der Waals surface area (Å²) in [6.07, 6.45) is 1.97. The lowest BCUT2D eigenvalue weighted by Gasteiger charge is -2.05. The van der Waals surface area contributed by atoms with E-state index in [4.69, 9.17) is 4.74 Å². The third-order valence-electron chi connectivity index (χ3n) is 4.36. The van der Waals surface area contributed by atoms with Gasteiger partial charge in [-0.3, -0.25) is 9.20 Å². The molecule has 25 heavy (non-hydrogen) atoms. The van der Waals surface area contributed by atoms with E-state index in [0.29, 0.717) is 10.7 Å². The van der Waals surface area contributed by atoms with Gasteiger partial charge in [-0.1, -0.05) is 0 Å². The van der Waals surface area contributed by atoms with Crippen LogP contribution in [0.3, 0.4) is 0 Å². The van der Waals surface area contributed by atoms with E-state index in [-0.39, 0.29) is 36.5 Å². The van der Waals surface area contributed by atoms with Gasteiger partial charge in [-0.2, -0.15) is 0 Å². The van der Waals surface area contributed by atoms with E-state index in [0.717, 1.165) is 23.2 Å². The summed E-state index contributed by atoms with van der Waals surface area (Å²) < 4.78 is 20.0. The molecule has 3 aromatic heterocycles. The minimum Gasteiger partial charge on any atom is -0.471 e. The summed E-state index contributed by atoms with van der Waals surface area (Å²) in [6, 6.07) is 4.13. The Morgan fingerprint density at radius 3 is 3.00 bits per heavy atom. The minimum absolute atomic E-state index is 0.0827. The van der Waals surface area contributed by atoms with Crippen LogP contribution in [0, 0.1) is 18.7 Å². The Kier molecular flexibility index (Phi) is 4.01. The molecule has 0 saturated heterocycles. The summed E-state index contributed by atoms with van der Waals surface area (Å²) in [4.78, 5) is 22.5. The Balaban J connectivity index is 1.62. The van der Waals surface area contributed by atoms with Gasteiger partial charge >= 0.3 is 0 Å². The van der Waals surface area contributed by atoms with E-state index in [1.54, 1.807) is 4.40 Å². The van der Waals surface area contributed by atoms with Crippen molar-refractivity contribution in [2.75, 3.05) is 6.61 Å². The zero-order valence-electron chi connectivity index (χ0n) is 13.5. The molecule has 2 atom stereocenters. The normalized spacial score (nSPS) is 19.3. The number of ether oxygens (including phenoxy) is 1. The van der Waals surface area contributed by atoms with Crippen molar-refractivity contribution in [3.05, 3.63) is 56.8 Å². The number of rotatable bonds is 5. The molecule has 6 nitrogen and oxygen atoms in total. The van der Waals surface area contributed by atoms with Gasteiger partial charge in [0.15, 0.2) is 4.96 Å². The number of thiazole rings is 1. The van der Waals surface area contributed by atoms with Crippen molar-refractivity contribution in [3.63, 3.8) is 0 Å². The molecule has 0 spiro atoms. The maximum atomic E-state index is 12.9. The number of aliphatic hydroxyl groups is 1. The van der Waals surface area contributed by atoms with E-state index >= 15 is 0 Å². The van der Waals surface area contributed by atoms with E-state index in [1.807, 2.05) is 6.92 Å². The van der Waals surface area contributed by atoms with Gasteiger partial charge in [-0.15, -0.1) is 11.3 Å². The molecule has 0 bridgehead atoms. The second-order valence-corrected chi connectivity index (χ2v) is 7.32. The maximum Gasteiger partial charge on any atom is 0.259 e. The Labute approximate surface area is 146 Å². The summed E-state index contributed by atoms with van der Waals surface area (Å²) in [7, 11) is 0. The first-order chi connectivity index (χ1) is 12.1. The number of nitrogens with zero attached hydrogens (tertiary/aromatic N) is 3. The number of aromatic nitrogens is 3. The van der Waals surface area contributed by atoms with Crippen LogP contribution in [0.2, 0.25) is 0 Å². The quantitative estimate of drug-likeness (QED) is 0.754. The van der Waals surface area contributed by atoms with Gasteiger partial charge in [0.25, 0.3) is 5.56 Å². The van der Waals surface area contributed by atoms with Gasteiger partial charge in [-0.25, -0.2) is 14.4 Å². The smallest absolute Gasteiger partial charge is 0.259 e. The molecular weight excluding hydrogens is 345 g/mol. The molecule has 1 fully saturated rings. The zero-order valence-corrected chi connectivity index (χ0v) is 14.3. The van der Waals surface area contributed by atoms with Crippen LogP contribution in [-0.4, -0.2) is 26.1 Å². The SMILES string of the molecule is Cc1sc2nc(COc3ccc(F)cn3)cc(=O)n2c1[C@@H]1C[C@H]1CO. The predicted octanol–water partition coefficient (Wildman–Crippen LogP) is 2.27. The van der Waals surface area contributed by atoms with Crippen molar-refractivity contribution < 1.29 is 14.2 Å². The van der Waals surface area contributed by atoms with E-state index < -0.39 is 5.82 Å². The highest BCUT2D eigenvalue weighted by molar-refractivity contribution is 7.17. The highest BCUT2D eigenvalue weighted by Gasteiger charge is 2.41. The Morgan fingerprint density at radius 2 is 2.32 bits per heavy atom. The van der Waals surface area contributed by atoms with Gasteiger partial charge in [0.1, 0.15) is 12.4 Å². The fourth-order valence-electron chi connectivity index (χ4n) is 3.02. The molecule has 130 valence electrons. The lowest BCUT2D eigenvalue weighted by atomic mass is 10.2. The molecule has 0 aliphatic heterocycles. The topological polar surface area (TPSA) is 76.7 Å². The number of aliphatic hydroxyl groups excluding tert-OH is 1. The van der Waals surface area contributed by atoms with Gasteiger partial charge in [0, 0.05) is 35.2 Å². The molecule has 0 unspecified atom stereocenters. The van der Waals surface area contributed by atoms with E-state index in [9.17, 15) is 14.3 Å². The van der Waals surface area contributed by atoms with Crippen molar-refractivity contribution in [2.24, 2.45) is 5.92 Å². The predicted molar refractivity (Wildman–Crippen MR) is 90.5 cm³/mol. The molecule has 1 N–H and O–H groups in total. The van der Waals surface area contributed by atoms with Crippen molar-refractivity contribution in [1.82, 2.24) is 14.4 Å². The molecule has 0 amide bonds. The second kappa shape index (κ2) is 6.20. The lowest BCUT2D eigenvalue weighted by molar-refractivity contribution is 0.273. The first-order valence-corrected chi connectivity index (χ1v) is 8.75. The van der Waals surface area contributed by atoms with Crippen LogP contribution < -0.4 is 10.3 Å². The van der Waals surface area contributed by atoms with Gasteiger partial charge in [-0.05, 0) is 25.3 Å². The molecular formula is C17H16FN3O3S. The number of aryl methyl sites for hydroxylation is 1. The van der Waals surface area contributed by atoms with Crippen LogP contribution in [0.25, 0.3) is 4.96 Å². The second-order valence-electron chi connectivity index (χ2n) is 6.14. The molecule has 4 rings (SSSR count). The fraction of sp³-hybridized carbons (Fsp3) is 0.353. The number of hydrogen-bond donors (Lipinski definition) is 1. The van der Waals surface area contributed by atoms with E-state index in [2.05, 4.69) is 9.97 Å². The summed E-state index contributed by atoms with van der Waals surface area (Å²) in [5, 5.41) is 9.30. The minimum atomic E-state index is -0.437. The number of hydrogen-bond acceptors (Lipinski definition) is 6.